The van der Waals surface area contributed by atoms with E-state index >= 15 is 0 Å². The fourth-order valence-electron chi connectivity index (χ4n) is 4.54. The van der Waals surface area contributed by atoms with Crippen LogP contribution >= 0.6 is 11.3 Å². The maximum Gasteiger partial charge on any atom is 0.240 e. The van der Waals surface area contributed by atoms with E-state index in [-0.39, 0.29) is 12.0 Å². The monoisotopic (exact) mass is 445 g/mol. The molecule has 164 valence electrons. The third kappa shape index (κ3) is 4.67. The maximum absolute atomic E-state index is 10.6. The zero-order valence-electron chi connectivity index (χ0n) is 17.9. The summed E-state index contributed by atoms with van der Waals surface area (Å²) in [7, 11) is 0. The second-order valence-corrected chi connectivity index (χ2v) is 9.35. The van der Waals surface area contributed by atoms with Gasteiger partial charge in [-0.15, -0.1) is 11.3 Å². The molecular weight excluding hydrogens is 418 g/mol. The molecule has 32 heavy (non-hydrogen) atoms. The van der Waals surface area contributed by atoms with Gasteiger partial charge in [-0.3, -0.25) is 4.90 Å². The summed E-state index contributed by atoms with van der Waals surface area (Å²) in [6, 6.07) is 24.7. The Balaban J connectivity index is 1.26. The molecule has 1 atom stereocenters. The number of piperidine rings is 1. The van der Waals surface area contributed by atoms with Crippen LogP contribution < -0.4 is 0 Å². The van der Waals surface area contributed by atoms with Crippen molar-refractivity contribution in [1.82, 2.24) is 15.0 Å². The van der Waals surface area contributed by atoms with E-state index in [4.69, 9.17) is 9.51 Å². The minimum absolute atomic E-state index is 0.0541. The van der Waals surface area contributed by atoms with Crippen LogP contribution in [0.3, 0.4) is 0 Å². The maximum atomic E-state index is 10.6. The number of hydrogen-bond donors (Lipinski definition) is 1. The number of nitrogens with zero attached hydrogens (tertiary/aromatic N) is 3. The number of rotatable bonds is 7. The van der Waals surface area contributed by atoms with Crippen LogP contribution in [0.4, 0.5) is 0 Å². The van der Waals surface area contributed by atoms with Gasteiger partial charge in [0.15, 0.2) is 5.82 Å². The van der Waals surface area contributed by atoms with Crippen LogP contribution in [-0.4, -0.2) is 33.2 Å². The molecule has 5 rings (SSSR count). The highest BCUT2D eigenvalue weighted by Crippen LogP contribution is 2.34. The largest absolute Gasteiger partial charge is 0.387 e. The number of thiophene rings is 1. The molecule has 0 saturated carbocycles. The molecule has 0 amide bonds. The van der Waals surface area contributed by atoms with Crippen molar-refractivity contribution in [3.8, 4) is 0 Å². The van der Waals surface area contributed by atoms with E-state index in [1.165, 1.54) is 0 Å². The lowest BCUT2D eigenvalue weighted by Crippen LogP contribution is -2.35. The first-order chi connectivity index (χ1) is 15.8. The van der Waals surface area contributed by atoms with E-state index in [2.05, 4.69) is 34.3 Å². The van der Waals surface area contributed by atoms with Crippen LogP contribution in [0.25, 0.3) is 0 Å². The molecule has 0 unspecified atom stereocenters. The van der Waals surface area contributed by atoms with Gasteiger partial charge in [-0.25, -0.2) is 0 Å². The lowest BCUT2D eigenvalue weighted by atomic mass is 9.90. The molecule has 5 nitrogen and oxygen atoms in total. The molecule has 0 aliphatic carbocycles. The Labute approximate surface area is 192 Å². The lowest BCUT2D eigenvalue weighted by Gasteiger charge is -2.33. The van der Waals surface area contributed by atoms with E-state index < -0.39 is 0 Å². The molecule has 0 radical (unpaired) electrons. The highest BCUT2D eigenvalue weighted by atomic mass is 32.1. The van der Waals surface area contributed by atoms with Crippen LogP contribution in [0.1, 0.15) is 52.6 Å². The second kappa shape index (κ2) is 9.77. The van der Waals surface area contributed by atoms with Crippen LogP contribution in [0.2, 0.25) is 0 Å². The third-order valence-electron chi connectivity index (χ3n) is 6.28. The van der Waals surface area contributed by atoms with Gasteiger partial charge in [-0.05, 0) is 54.4 Å². The smallest absolute Gasteiger partial charge is 0.240 e. The predicted octanol–water partition coefficient (Wildman–Crippen LogP) is 5.26. The van der Waals surface area contributed by atoms with E-state index in [1.54, 1.807) is 11.3 Å². The summed E-state index contributed by atoms with van der Waals surface area (Å²) in [6.45, 7) is 2.49. The molecular formula is C26H27N3O2S. The standard InChI is InChI=1S/C26H27N3O2S/c30-25(22-12-7-17-32-22)21-13-15-29(16-14-21)18-23-27-26(28-31-23)24(19-8-3-1-4-9-19)20-10-5-2-6-11-20/h1-12,17,21,24-25,30H,13-16,18H2/t25-/m0/s1. The molecule has 2 aromatic carbocycles. The van der Waals surface area contributed by atoms with Crippen LogP contribution in [-0.2, 0) is 6.54 Å². The summed E-state index contributed by atoms with van der Waals surface area (Å²) in [5, 5.41) is 17.0. The Bertz CT molecular complexity index is 1050. The molecule has 1 saturated heterocycles. The van der Waals surface area contributed by atoms with Crippen LogP contribution in [0, 0.1) is 5.92 Å². The number of aliphatic hydroxyl groups excluding tert-OH is 1. The van der Waals surface area contributed by atoms with Gasteiger partial charge in [-0.2, -0.15) is 4.98 Å². The molecule has 0 bridgehead atoms. The molecule has 1 aliphatic heterocycles. The topological polar surface area (TPSA) is 62.4 Å². The van der Waals surface area contributed by atoms with Crippen LogP contribution in [0.5, 0.6) is 0 Å². The Hall–Kier alpha value is -2.80. The molecule has 1 aliphatic rings. The number of hydrogen-bond acceptors (Lipinski definition) is 6. The van der Waals surface area contributed by atoms with Gasteiger partial charge < -0.3 is 9.63 Å². The summed E-state index contributed by atoms with van der Waals surface area (Å²) < 4.78 is 5.67. The fourth-order valence-corrected chi connectivity index (χ4v) is 5.34. The lowest BCUT2D eigenvalue weighted by molar-refractivity contribution is 0.0560. The summed E-state index contributed by atoms with van der Waals surface area (Å²) in [6.07, 6.45) is 1.58. The molecule has 1 N–H and O–H groups in total. The highest BCUT2D eigenvalue weighted by Gasteiger charge is 2.28. The minimum Gasteiger partial charge on any atom is -0.387 e. The van der Waals surface area contributed by atoms with Crippen molar-refractivity contribution in [3.05, 3.63) is 106 Å². The average Bonchev–Trinajstić information content (AvgIpc) is 3.54. The van der Waals surface area contributed by atoms with Gasteiger partial charge >= 0.3 is 0 Å². The molecule has 6 heteroatoms. The van der Waals surface area contributed by atoms with Crippen molar-refractivity contribution in [2.75, 3.05) is 13.1 Å². The normalized spacial score (nSPS) is 16.4. The Morgan fingerprint density at radius 2 is 1.59 bits per heavy atom. The number of aliphatic hydroxyl groups is 1. The number of aromatic nitrogens is 2. The van der Waals surface area contributed by atoms with Gasteiger partial charge in [0.2, 0.25) is 5.89 Å². The first-order valence-electron chi connectivity index (χ1n) is 11.1. The van der Waals surface area contributed by atoms with Gasteiger partial charge in [0.1, 0.15) is 0 Å². The summed E-state index contributed by atoms with van der Waals surface area (Å²) in [5.41, 5.74) is 2.30. The van der Waals surface area contributed by atoms with Gasteiger partial charge in [0.25, 0.3) is 0 Å². The van der Waals surface area contributed by atoms with Gasteiger partial charge in [-0.1, -0.05) is 71.9 Å². The molecule has 0 spiro atoms. The Morgan fingerprint density at radius 1 is 0.938 bits per heavy atom. The van der Waals surface area contributed by atoms with E-state index in [0.29, 0.717) is 24.2 Å². The second-order valence-electron chi connectivity index (χ2n) is 8.37. The molecule has 4 aromatic rings. The Morgan fingerprint density at radius 3 is 2.19 bits per heavy atom. The van der Waals surface area contributed by atoms with E-state index in [1.807, 2.05) is 53.9 Å². The molecule has 3 heterocycles. The zero-order valence-corrected chi connectivity index (χ0v) is 18.7. The fraction of sp³-hybridized carbons (Fsp3) is 0.308. The van der Waals surface area contributed by atoms with Crippen molar-refractivity contribution in [2.24, 2.45) is 5.92 Å². The first kappa shape index (κ1) is 21.1. The molecule has 2 aromatic heterocycles. The number of benzene rings is 2. The Kier molecular flexibility index (Phi) is 6.44. The van der Waals surface area contributed by atoms with E-state index in [9.17, 15) is 5.11 Å². The predicted molar refractivity (Wildman–Crippen MR) is 125 cm³/mol. The van der Waals surface area contributed by atoms with Crippen molar-refractivity contribution < 1.29 is 9.63 Å². The van der Waals surface area contributed by atoms with Crippen molar-refractivity contribution in [3.63, 3.8) is 0 Å². The molecule has 1 fully saturated rings. The third-order valence-corrected chi connectivity index (χ3v) is 7.22. The average molecular weight is 446 g/mol. The number of likely N-dealkylation sites (tertiary alicyclic amines) is 1. The zero-order chi connectivity index (χ0) is 21.8. The first-order valence-corrected chi connectivity index (χ1v) is 12.0. The minimum atomic E-state index is -0.357. The van der Waals surface area contributed by atoms with Crippen molar-refractivity contribution in [2.45, 2.75) is 31.4 Å². The SMILES string of the molecule is O[C@H](c1cccs1)C1CCN(Cc2nc(C(c3ccccc3)c3ccccc3)no2)CC1. The van der Waals surface area contributed by atoms with Crippen molar-refractivity contribution in [1.29, 1.82) is 0 Å². The summed E-state index contributed by atoms with van der Waals surface area (Å²) in [5.74, 6) is 1.60. The quantitative estimate of drug-likeness (QED) is 0.421. The summed E-state index contributed by atoms with van der Waals surface area (Å²) in [4.78, 5) is 8.19. The summed E-state index contributed by atoms with van der Waals surface area (Å²) >= 11 is 1.63. The highest BCUT2D eigenvalue weighted by molar-refractivity contribution is 7.10. The van der Waals surface area contributed by atoms with Gasteiger partial charge in [0.05, 0.1) is 18.6 Å². The van der Waals surface area contributed by atoms with E-state index in [0.717, 1.165) is 41.9 Å². The van der Waals surface area contributed by atoms with Gasteiger partial charge in [0, 0.05) is 4.88 Å². The van der Waals surface area contributed by atoms with Crippen LogP contribution in [0.15, 0.2) is 82.7 Å². The van der Waals surface area contributed by atoms with Crippen molar-refractivity contribution >= 4 is 11.3 Å².